The molecule has 0 atom stereocenters. The first-order valence-electron chi connectivity index (χ1n) is 8.34. The lowest BCUT2D eigenvalue weighted by Crippen LogP contribution is -2.36. The van der Waals surface area contributed by atoms with Crippen LogP contribution in [0.1, 0.15) is 39.5 Å². The van der Waals surface area contributed by atoms with Crippen molar-refractivity contribution in [3.05, 3.63) is 30.3 Å². The Morgan fingerprint density at radius 3 is 2.41 bits per heavy atom. The largest absolute Gasteiger partial charge is 0.463 e. The molecule has 4 heteroatoms. The number of esters is 1. The molecule has 1 aromatic carbocycles. The number of benzene rings is 1. The molecule has 1 saturated carbocycles. The molecule has 0 heterocycles. The van der Waals surface area contributed by atoms with Gasteiger partial charge in [0.05, 0.1) is 0 Å². The highest BCUT2D eigenvalue weighted by molar-refractivity contribution is 8.01. The number of hydrogen-bond acceptors (Lipinski definition) is 4. The van der Waals surface area contributed by atoms with Crippen molar-refractivity contribution in [1.82, 2.24) is 4.90 Å². The third kappa shape index (κ3) is 4.50. The van der Waals surface area contributed by atoms with E-state index < -0.39 is 0 Å². The van der Waals surface area contributed by atoms with E-state index in [1.165, 1.54) is 0 Å². The average Bonchev–Trinajstić information content (AvgIpc) is 3.02. The minimum atomic E-state index is -0.370. The Morgan fingerprint density at radius 1 is 1.18 bits per heavy atom. The number of thioether (sulfide) groups is 1. The number of hydrogen-bond donors (Lipinski definition) is 0. The molecule has 22 heavy (non-hydrogen) atoms. The summed E-state index contributed by atoms with van der Waals surface area (Å²) in [6.45, 7) is 7.59. The quantitative estimate of drug-likeness (QED) is 0.678. The van der Waals surface area contributed by atoms with Crippen molar-refractivity contribution in [2.24, 2.45) is 0 Å². The zero-order chi connectivity index (χ0) is 15.8. The molecule has 0 amide bonds. The van der Waals surface area contributed by atoms with Gasteiger partial charge in [-0.15, -0.1) is 11.8 Å². The summed E-state index contributed by atoms with van der Waals surface area (Å²) in [6, 6.07) is 10.2. The van der Waals surface area contributed by atoms with Crippen LogP contribution in [0.25, 0.3) is 0 Å². The van der Waals surface area contributed by atoms with Gasteiger partial charge >= 0.3 is 5.97 Å². The van der Waals surface area contributed by atoms with Crippen LogP contribution in [0.15, 0.2) is 35.2 Å². The lowest BCUT2D eigenvalue weighted by atomic mass is 10.1. The Morgan fingerprint density at radius 2 is 1.82 bits per heavy atom. The average molecular weight is 321 g/mol. The molecule has 122 valence electrons. The van der Waals surface area contributed by atoms with Gasteiger partial charge in [-0.2, -0.15) is 0 Å². The molecule has 1 aliphatic rings. The minimum Gasteiger partial charge on any atom is -0.463 e. The van der Waals surface area contributed by atoms with Crippen LogP contribution in [-0.2, 0) is 9.53 Å². The molecule has 0 spiro atoms. The highest BCUT2D eigenvalue weighted by Gasteiger charge is 2.43. The lowest BCUT2D eigenvalue weighted by molar-refractivity contribution is -0.146. The second kappa shape index (κ2) is 8.59. The van der Waals surface area contributed by atoms with E-state index in [1.54, 1.807) is 11.8 Å². The molecule has 0 radical (unpaired) electrons. The third-order valence-corrected chi connectivity index (χ3v) is 5.85. The normalized spacial score (nSPS) is 16.9. The van der Waals surface area contributed by atoms with E-state index in [0.29, 0.717) is 6.61 Å². The Balaban J connectivity index is 1.94. The van der Waals surface area contributed by atoms with Gasteiger partial charge in [-0.25, -0.2) is 0 Å². The standard InChI is InChI=1S/C18H27NO2S/c1-3-19(4-2)14-15-21-17(20)18(12-8-9-13-18)22-16-10-6-5-7-11-16/h5-7,10-11H,3-4,8-9,12-15H2,1-2H3. The van der Waals surface area contributed by atoms with Gasteiger partial charge in [-0.3, -0.25) is 4.79 Å². The van der Waals surface area contributed by atoms with Crippen LogP contribution in [-0.4, -0.2) is 41.9 Å². The van der Waals surface area contributed by atoms with Crippen LogP contribution < -0.4 is 0 Å². The number of rotatable bonds is 8. The summed E-state index contributed by atoms with van der Waals surface area (Å²) in [5.41, 5.74) is 0. The topological polar surface area (TPSA) is 29.5 Å². The first-order valence-corrected chi connectivity index (χ1v) is 9.15. The van der Waals surface area contributed by atoms with Gasteiger partial charge in [0, 0.05) is 11.4 Å². The molecule has 0 N–H and O–H groups in total. The van der Waals surface area contributed by atoms with Crippen molar-refractivity contribution in [1.29, 1.82) is 0 Å². The summed E-state index contributed by atoms with van der Waals surface area (Å²) in [5, 5.41) is 0. The van der Waals surface area contributed by atoms with Gasteiger partial charge in [0.25, 0.3) is 0 Å². The fourth-order valence-electron chi connectivity index (χ4n) is 2.95. The predicted octanol–water partition coefficient (Wildman–Crippen LogP) is 3.98. The van der Waals surface area contributed by atoms with E-state index in [9.17, 15) is 4.79 Å². The molecule has 0 saturated heterocycles. The van der Waals surface area contributed by atoms with Crippen LogP contribution in [0, 0.1) is 0 Å². The summed E-state index contributed by atoms with van der Waals surface area (Å²) < 4.78 is 5.26. The van der Waals surface area contributed by atoms with Crippen LogP contribution in [0.3, 0.4) is 0 Å². The molecule has 1 fully saturated rings. The van der Waals surface area contributed by atoms with Crippen LogP contribution >= 0.6 is 11.8 Å². The summed E-state index contributed by atoms with van der Waals surface area (Å²) >= 11 is 1.69. The zero-order valence-electron chi connectivity index (χ0n) is 13.7. The molecule has 0 aliphatic heterocycles. The number of likely N-dealkylation sites (N-methyl/N-ethyl adjacent to an activating group) is 1. The monoisotopic (exact) mass is 321 g/mol. The highest BCUT2D eigenvalue weighted by atomic mass is 32.2. The molecule has 1 aromatic rings. The zero-order valence-corrected chi connectivity index (χ0v) is 14.5. The summed E-state index contributed by atoms with van der Waals surface area (Å²) in [6.07, 6.45) is 4.09. The summed E-state index contributed by atoms with van der Waals surface area (Å²) in [5.74, 6) is -0.0222. The van der Waals surface area contributed by atoms with Gasteiger partial charge in [0.1, 0.15) is 11.4 Å². The van der Waals surface area contributed by atoms with Crippen molar-refractivity contribution < 1.29 is 9.53 Å². The van der Waals surface area contributed by atoms with Gasteiger partial charge < -0.3 is 9.64 Å². The molecular formula is C18H27NO2S. The molecule has 1 aliphatic carbocycles. The second-order valence-electron chi connectivity index (χ2n) is 5.78. The third-order valence-electron chi connectivity index (χ3n) is 4.37. The van der Waals surface area contributed by atoms with E-state index in [0.717, 1.165) is 50.2 Å². The maximum Gasteiger partial charge on any atom is 0.322 e. The summed E-state index contributed by atoms with van der Waals surface area (Å²) in [4.78, 5) is 16.1. The van der Waals surface area contributed by atoms with E-state index >= 15 is 0 Å². The van der Waals surface area contributed by atoms with Crippen LogP contribution in [0.4, 0.5) is 0 Å². The Kier molecular flexibility index (Phi) is 6.77. The lowest BCUT2D eigenvalue weighted by Gasteiger charge is -2.27. The predicted molar refractivity (Wildman–Crippen MR) is 92.2 cm³/mol. The molecule has 3 nitrogen and oxygen atoms in total. The second-order valence-corrected chi connectivity index (χ2v) is 7.24. The Labute approximate surface area is 138 Å². The first-order chi connectivity index (χ1) is 10.7. The fourth-order valence-corrected chi connectivity index (χ4v) is 4.33. The van der Waals surface area contributed by atoms with Crippen molar-refractivity contribution in [2.45, 2.75) is 49.2 Å². The van der Waals surface area contributed by atoms with Crippen molar-refractivity contribution in [2.75, 3.05) is 26.2 Å². The number of nitrogens with zero attached hydrogens (tertiary/aromatic N) is 1. The molecule has 0 unspecified atom stereocenters. The number of carbonyl (C=O) groups is 1. The maximum absolute atomic E-state index is 12.7. The van der Waals surface area contributed by atoms with Crippen molar-refractivity contribution in [3.8, 4) is 0 Å². The Hall–Kier alpha value is -1.00. The van der Waals surface area contributed by atoms with Crippen LogP contribution in [0.5, 0.6) is 0 Å². The van der Waals surface area contributed by atoms with E-state index in [-0.39, 0.29) is 10.7 Å². The summed E-state index contributed by atoms with van der Waals surface area (Å²) in [7, 11) is 0. The van der Waals surface area contributed by atoms with Gasteiger partial charge in [-0.1, -0.05) is 44.9 Å². The smallest absolute Gasteiger partial charge is 0.322 e. The van der Waals surface area contributed by atoms with Gasteiger partial charge in [-0.05, 0) is 38.1 Å². The minimum absolute atomic E-state index is 0.0222. The van der Waals surface area contributed by atoms with E-state index in [4.69, 9.17) is 4.74 Å². The van der Waals surface area contributed by atoms with Crippen molar-refractivity contribution >= 4 is 17.7 Å². The number of carbonyl (C=O) groups excluding carboxylic acids is 1. The number of ether oxygens (including phenoxy) is 1. The van der Waals surface area contributed by atoms with E-state index in [1.807, 2.05) is 18.2 Å². The SMILES string of the molecule is CCN(CC)CCOC(=O)C1(Sc2ccccc2)CCCC1. The first kappa shape index (κ1) is 17.4. The fraction of sp³-hybridized carbons (Fsp3) is 0.611. The molecule has 0 bridgehead atoms. The van der Waals surface area contributed by atoms with Gasteiger partial charge in [0.15, 0.2) is 0 Å². The Bertz CT molecular complexity index is 453. The molecular weight excluding hydrogens is 294 g/mol. The van der Waals surface area contributed by atoms with Crippen molar-refractivity contribution in [3.63, 3.8) is 0 Å². The molecule has 0 aromatic heterocycles. The van der Waals surface area contributed by atoms with E-state index in [2.05, 4.69) is 30.9 Å². The molecule has 2 rings (SSSR count). The maximum atomic E-state index is 12.7. The van der Waals surface area contributed by atoms with Crippen LogP contribution in [0.2, 0.25) is 0 Å². The van der Waals surface area contributed by atoms with Gasteiger partial charge in [0.2, 0.25) is 0 Å². The highest BCUT2D eigenvalue weighted by Crippen LogP contribution is 2.46.